The van der Waals surface area contributed by atoms with Gasteiger partial charge in [0.15, 0.2) is 11.5 Å². The molecule has 0 saturated carbocycles. The first kappa shape index (κ1) is 16.1. The fourth-order valence-electron chi connectivity index (χ4n) is 3.28. The molecule has 25 heavy (non-hydrogen) atoms. The standard InChI is InChI=1S/C19H19ClN2O3/c20-16-4-1-13(2-5-16)10-21-19(23)22-8-7-15(11-22)14-3-6-17-18(9-14)25-12-24-17/h1-6,9,15H,7-8,10-12H2,(H,21,23)/t15-/m1/s1. The predicted octanol–water partition coefficient (Wildman–Crippen LogP) is 3.77. The van der Waals surface area contributed by atoms with E-state index in [1.54, 1.807) is 0 Å². The van der Waals surface area contributed by atoms with Gasteiger partial charge in [-0.3, -0.25) is 0 Å². The molecule has 2 aliphatic rings. The Balaban J connectivity index is 1.34. The molecule has 0 aromatic heterocycles. The molecule has 0 aliphatic carbocycles. The molecule has 0 radical (unpaired) electrons. The lowest BCUT2D eigenvalue weighted by Gasteiger charge is -2.18. The molecule has 0 spiro atoms. The summed E-state index contributed by atoms with van der Waals surface area (Å²) >= 11 is 5.88. The molecule has 130 valence electrons. The molecule has 2 aromatic carbocycles. The number of likely N-dealkylation sites (tertiary alicyclic amines) is 1. The van der Waals surface area contributed by atoms with Crippen molar-refractivity contribution in [3.8, 4) is 11.5 Å². The Morgan fingerprint density at radius 1 is 1.16 bits per heavy atom. The number of nitrogens with one attached hydrogen (secondary N) is 1. The number of carbonyl (C=O) groups excluding carboxylic acids is 1. The summed E-state index contributed by atoms with van der Waals surface area (Å²) in [6.07, 6.45) is 0.952. The van der Waals surface area contributed by atoms with Crippen LogP contribution in [0.1, 0.15) is 23.5 Å². The van der Waals surface area contributed by atoms with E-state index in [4.69, 9.17) is 21.1 Å². The van der Waals surface area contributed by atoms with Crippen LogP contribution in [-0.4, -0.2) is 30.8 Å². The van der Waals surface area contributed by atoms with Crippen LogP contribution in [0.25, 0.3) is 0 Å². The Hall–Kier alpha value is -2.40. The summed E-state index contributed by atoms with van der Waals surface area (Å²) in [6.45, 7) is 2.25. The highest BCUT2D eigenvalue weighted by Crippen LogP contribution is 2.37. The van der Waals surface area contributed by atoms with Crippen LogP contribution in [0.3, 0.4) is 0 Å². The monoisotopic (exact) mass is 358 g/mol. The number of carbonyl (C=O) groups is 1. The highest BCUT2D eigenvalue weighted by molar-refractivity contribution is 6.30. The fourth-order valence-corrected chi connectivity index (χ4v) is 3.40. The molecule has 0 unspecified atom stereocenters. The summed E-state index contributed by atoms with van der Waals surface area (Å²) in [5, 5.41) is 3.67. The molecule has 2 aromatic rings. The van der Waals surface area contributed by atoms with Crippen molar-refractivity contribution in [1.82, 2.24) is 10.2 Å². The molecule has 2 amide bonds. The van der Waals surface area contributed by atoms with Crippen LogP contribution in [-0.2, 0) is 6.54 Å². The number of benzene rings is 2. The molecular formula is C19H19ClN2O3. The van der Waals surface area contributed by atoms with E-state index in [2.05, 4.69) is 11.4 Å². The Morgan fingerprint density at radius 3 is 2.80 bits per heavy atom. The van der Waals surface area contributed by atoms with Crippen molar-refractivity contribution < 1.29 is 14.3 Å². The maximum absolute atomic E-state index is 12.4. The van der Waals surface area contributed by atoms with Gasteiger partial charge in [0, 0.05) is 30.6 Å². The number of fused-ring (bicyclic) bond motifs is 1. The van der Waals surface area contributed by atoms with Crippen molar-refractivity contribution in [1.29, 1.82) is 0 Å². The van der Waals surface area contributed by atoms with Gasteiger partial charge in [-0.1, -0.05) is 29.8 Å². The van der Waals surface area contributed by atoms with Gasteiger partial charge in [-0.25, -0.2) is 4.79 Å². The zero-order valence-electron chi connectivity index (χ0n) is 13.7. The summed E-state index contributed by atoms with van der Waals surface area (Å²) in [4.78, 5) is 14.3. The molecule has 2 aliphatic heterocycles. The molecule has 5 nitrogen and oxygen atoms in total. The van der Waals surface area contributed by atoms with E-state index < -0.39 is 0 Å². The van der Waals surface area contributed by atoms with Crippen LogP contribution in [0, 0.1) is 0 Å². The van der Waals surface area contributed by atoms with Crippen LogP contribution in [0.15, 0.2) is 42.5 Å². The minimum Gasteiger partial charge on any atom is -0.454 e. The van der Waals surface area contributed by atoms with E-state index in [1.165, 1.54) is 5.56 Å². The van der Waals surface area contributed by atoms with Crippen molar-refractivity contribution in [2.24, 2.45) is 0 Å². The number of nitrogens with zero attached hydrogens (tertiary/aromatic N) is 1. The number of halogens is 1. The molecular weight excluding hydrogens is 340 g/mol. The molecule has 1 fully saturated rings. The van der Waals surface area contributed by atoms with Gasteiger partial charge in [0.2, 0.25) is 6.79 Å². The summed E-state index contributed by atoms with van der Waals surface area (Å²) in [5.41, 5.74) is 2.22. The number of urea groups is 1. The SMILES string of the molecule is O=C(NCc1ccc(Cl)cc1)N1CC[C@@H](c2ccc3c(c2)OCO3)C1. The Morgan fingerprint density at radius 2 is 1.96 bits per heavy atom. The van der Waals surface area contributed by atoms with Crippen LogP contribution >= 0.6 is 11.6 Å². The van der Waals surface area contributed by atoms with Crippen molar-refractivity contribution in [2.45, 2.75) is 18.9 Å². The molecule has 1 atom stereocenters. The summed E-state index contributed by atoms with van der Waals surface area (Å²) in [7, 11) is 0. The summed E-state index contributed by atoms with van der Waals surface area (Å²) < 4.78 is 10.8. The number of rotatable bonds is 3. The fraction of sp³-hybridized carbons (Fsp3) is 0.316. The van der Waals surface area contributed by atoms with E-state index >= 15 is 0 Å². The molecule has 2 heterocycles. The van der Waals surface area contributed by atoms with Gasteiger partial charge in [0.1, 0.15) is 0 Å². The van der Waals surface area contributed by atoms with Crippen molar-refractivity contribution in [2.75, 3.05) is 19.9 Å². The molecule has 1 saturated heterocycles. The lowest BCUT2D eigenvalue weighted by atomic mass is 9.98. The van der Waals surface area contributed by atoms with Crippen LogP contribution in [0.5, 0.6) is 11.5 Å². The van der Waals surface area contributed by atoms with Gasteiger partial charge in [0.25, 0.3) is 0 Å². The van der Waals surface area contributed by atoms with Crippen molar-refractivity contribution in [3.63, 3.8) is 0 Å². The van der Waals surface area contributed by atoms with E-state index in [1.807, 2.05) is 41.3 Å². The second-order valence-corrected chi connectivity index (χ2v) is 6.77. The van der Waals surface area contributed by atoms with E-state index in [0.717, 1.165) is 30.0 Å². The third-order valence-corrected chi connectivity index (χ3v) is 4.95. The summed E-state index contributed by atoms with van der Waals surface area (Å²) in [6, 6.07) is 13.5. The third-order valence-electron chi connectivity index (χ3n) is 4.70. The first-order valence-corrected chi connectivity index (χ1v) is 8.73. The Bertz CT molecular complexity index is 779. The van der Waals surface area contributed by atoms with Crippen LogP contribution in [0.4, 0.5) is 4.79 Å². The first-order valence-electron chi connectivity index (χ1n) is 8.36. The largest absolute Gasteiger partial charge is 0.454 e. The normalized spacial score (nSPS) is 18.4. The maximum atomic E-state index is 12.4. The average Bonchev–Trinajstić information content (AvgIpc) is 3.29. The van der Waals surface area contributed by atoms with Crippen molar-refractivity contribution in [3.05, 3.63) is 58.6 Å². The molecule has 4 rings (SSSR count). The van der Waals surface area contributed by atoms with Gasteiger partial charge < -0.3 is 19.7 Å². The number of hydrogen-bond donors (Lipinski definition) is 1. The number of hydrogen-bond acceptors (Lipinski definition) is 3. The van der Waals surface area contributed by atoms with E-state index in [0.29, 0.717) is 24.0 Å². The Labute approximate surface area is 151 Å². The number of amides is 2. The quantitative estimate of drug-likeness (QED) is 0.908. The zero-order chi connectivity index (χ0) is 17.2. The van der Waals surface area contributed by atoms with Gasteiger partial charge in [0.05, 0.1) is 0 Å². The van der Waals surface area contributed by atoms with Gasteiger partial charge >= 0.3 is 6.03 Å². The maximum Gasteiger partial charge on any atom is 0.317 e. The molecule has 1 N–H and O–H groups in total. The van der Waals surface area contributed by atoms with Crippen molar-refractivity contribution >= 4 is 17.6 Å². The smallest absolute Gasteiger partial charge is 0.317 e. The zero-order valence-corrected chi connectivity index (χ0v) is 14.5. The van der Waals surface area contributed by atoms with E-state index in [9.17, 15) is 4.79 Å². The minimum absolute atomic E-state index is 0.0295. The number of ether oxygens (including phenoxy) is 2. The second kappa shape index (κ2) is 6.84. The predicted molar refractivity (Wildman–Crippen MR) is 95.2 cm³/mol. The minimum atomic E-state index is -0.0295. The highest BCUT2D eigenvalue weighted by Gasteiger charge is 2.28. The second-order valence-electron chi connectivity index (χ2n) is 6.33. The van der Waals surface area contributed by atoms with Gasteiger partial charge in [-0.05, 0) is 41.8 Å². The van der Waals surface area contributed by atoms with Crippen LogP contribution in [0.2, 0.25) is 5.02 Å². The lowest BCUT2D eigenvalue weighted by molar-refractivity contribution is 0.174. The molecule has 6 heteroatoms. The molecule has 0 bridgehead atoms. The average molecular weight is 359 g/mol. The lowest BCUT2D eigenvalue weighted by Crippen LogP contribution is -2.37. The van der Waals surface area contributed by atoms with Crippen LogP contribution < -0.4 is 14.8 Å². The highest BCUT2D eigenvalue weighted by atomic mass is 35.5. The summed E-state index contributed by atoms with van der Waals surface area (Å²) in [5.74, 6) is 1.92. The Kier molecular flexibility index (Phi) is 4.40. The van der Waals surface area contributed by atoms with E-state index in [-0.39, 0.29) is 12.8 Å². The third kappa shape index (κ3) is 3.51. The van der Waals surface area contributed by atoms with Gasteiger partial charge in [-0.2, -0.15) is 0 Å². The first-order chi connectivity index (χ1) is 12.2. The topological polar surface area (TPSA) is 50.8 Å². The van der Waals surface area contributed by atoms with Gasteiger partial charge in [-0.15, -0.1) is 0 Å².